The highest BCUT2D eigenvalue weighted by molar-refractivity contribution is 7.99. The number of nitrogens with zero attached hydrogens (tertiary/aromatic N) is 2. The highest BCUT2D eigenvalue weighted by atomic mass is 32.2. The van der Waals surface area contributed by atoms with E-state index >= 15 is 0 Å². The maximum atomic E-state index is 5.45. The Morgan fingerprint density at radius 2 is 2.05 bits per heavy atom. The summed E-state index contributed by atoms with van der Waals surface area (Å²) < 4.78 is 5.66. The SMILES string of the molecule is CC(C)(C)SCc1noc([C@H]2Cc3ccccc3CN2)n1. The van der Waals surface area contributed by atoms with Crippen molar-refractivity contribution in [2.45, 2.75) is 50.3 Å². The fourth-order valence-electron chi connectivity index (χ4n) is 2.38. The van der Waals surface area contributed by atoms with E-state index in [1.165, 1.54) is 11.1 Å². The number of aromatic nitrogens is 2. The molecule has 2 heterocycles. The summed E-state index contributed by atoms with van der Waals surface area (Å²) in [6.45, 7) is 7.43. The van der Waals surface area contributed by atoms with E-state index in [9.17, 15) is 0 Å². The molecule has 0 saturated heterocycles. The summed E-state index contributed by atoms with van der Waals surface area (Å²) in [7, 11) is 0. The highest BCUT2D eigenvalue weighted by Crippen LogP contribution is 2.28. The zero-order valence-electron chi connectivity index (χ0n) is 12.7. The van der Waals surface area contributed by atoms with Gasteiger partial charge in [-0.1, -0.05) is 50.2 Å². The molecule has 0 fully saturated rings. The predicted molar refractivity (Wildman–Crippen MR) is 85.1 cm³/mol. The Labute approximate surface area is 129 Å². The summed E-state index contributed by atoms with van der Waals surface area (Å²) >= 11 is 1.83. The van der Waals surface area contributed by atoms with Crippen molar-refractivity contribution in [3.63, 3.8) is 0 Å². The average Bonchev–Trinajstić information content (AvgIpc) is 2.93. The van der Waals surface area contributed by atoms with Crippen molar-refractivity contribution in [1.29, 1.82) is 0 Å². The summed E-state index contributed by atoms with van der Waals surface area (Å²) in [5, 5.41) is 7.58. The van der Waals surface area contributed by atoms with E-state index in [1.807, 2.05) is 11.8 Å². The van der Waals surface area contributed by atoms with Crippen LogP contribution in [0.15, 0.2) is 28.8 Å². The zero-order valence-corrected chi connectivity index (χ0v) is 13.5. The minimum atomic E-state index is 0.126. The van der Waals surface area contributed by atoms with Crippen LogP contribution in [0, 0.1) is 0 Å². The van der Waals surface area contributed by atoms with Crippen LogP contribution >= 0.6 is 11.8 Å². The number of hydrogen-bond acceptors (Lipinski definition) is 5. The van der Waals surface area contributed by atoms with Crippen LogP contribution in [-0.4, -0.2) is 14.9 Å². The van der Waals surface area contributed by atoms with Crippen molar-refractivity contribution in [3.05, 3.63) is 47.1 Å². The van der Waals surface area contributed by atoms with E-state index in [-0.39, 0.29) is 10.8 Å². The van der Waals surface area contributed by atoms with Crippen molar-refractivity contribution in [2.24, 2.45) is 0 Å². The largest absolute Gasteiger partial charge is 0.338 e. The van der Waals surface area contributed by atoms with E-state index < -0.39 is 0 Å². The lowest BCUT2D eigenvalue weighted by Crippen LogP contribution is -2.28. The van der Waals surface area contributed by atoms with Gasteiger partial charge in [-0.2, -0.15) is 4.98 Å². The third kappa shape index (κ3) is 3.66. The molecule has 1 aromatic heterocycles. The molecular weight excluding hydrogens is 282 g/mol. The highest BCUT2D eigenvalue weighted by Gasteiger charge is 2.24. The lowest BCUT2D eigenvalue weighted by atomic mass is 9.96. The minimum absolute atomic E-state index is 0.126. The molecule has 1 aliphatic heterocycles. The molecule has 1 atom stereocenters. The lowest BCUT2D eigenvalue weighted by molar-refractivity contribution is 0.319. The van der Waals surface area contributed by atoms with Crippen molar-refractivity contribution in [1.82, 2.24) is 15.5 Å². The molecule has 0 radical (unpaired) electrons. The lowest BCUT2D eigenvalue weighted by Gasteiger charge is -2.23. The monoisotopic (exact) mass is 303 g/mol. The molecule has 21 heavy (non-hydrogen) atoms. The summed E-state index contributed by atoms with van der Waals surface area (Å²) in [6.07, 6.45) is 0.907. The molecule has 0 aliphatic carbocycles. The second kappa shape index (κ2) is 5.81. The van der Waals surface area contributed by atoms with Crippen LogP contribution in [0.5, 0.6) is 0 Å². The Kier molecular flexibility index (Phi) is 4.04. The van der Waals surface area contributed by atoms with Crippen molar-refractivity contribution in [2.75, 3.05) is 0 Å². The molecule has 0 unspecified atom stereocenters. The van der Waals surface area contributed by atoms with Gasteiger partial charge < -0.3 is 9.84 Å². The van der Waals surface area contributed by atoms with Gasteiger partial charge in [-0.25, -0.2) is 0 Å². The first kappa shape index (κ1) is 14.6. The Balaban J connectivity index is 1.67. The van der Waals surface area contributed by atoms with E-state index in [0.29, 0.717) is 5.89 Å². The molecule has 4 nitrogen and oxygen atoms in total. The first-order valence-corrected chi connectivity index (χ1v) is 8.26. The maximum absolute atomic E-state index is 5.45. The smallest absolute Gasteiger partial charge is 0.244 e. The van der Waals surface area contributed by atoms with Crippen molar-refractivity contribution >= 4 is 11.8 Å². The third-order valence-electron chi connectivity index (χ3n) is 3.50. The van der Waals surface area contributed by atoms with Crippen molar-refractivity contribution < 1.29 is 4.52 Å². The number of nitrogens with one attached hydrogen (secondary N) is 1. The quantitative estimate of drug-likeness (QED) is 0.940. The number of benzene rings is 1. The van der Waals surface area contributed by atoms with Crippen molar-refractivity contribution in [3.8, 4) is 0 Å². The van der Waals surface area contributed by atoms with E-state index in [4.69, 9.17) is 4.52 Å². The Morgan fingerprint density at radius 1 is 1.29 bits per heavy atom. The summed E-state index contributed by atoms with van der Waals surface area (Å²) in [5.74, 6) is 2.27. The molecule has 0 amide bonds. The van der Waals surface area contributed by atoms with Crippen LogP contribution in [0.1, 0.15) is 49.7 Å². The molecule has 1 aliphatic rings. The van der Waals surface area contributed by atoms with Gasteiger partial charge in [0.2, 0.25) is 5.89 Å². The molecule has 112 valence electrons. The van der Waals surface area contributed by atoms with Gasteiger partial charge in [-0.3, -0.25) is 0 Å². The van der Waals surface area contributed by atoms with E-state index in [1.54, 1.807) is 0 Å². The molecule has 2 aromatic rings. The second-order valence-electron chi connectivity index (χ2n) is 6.36. The average molecular weight is 303 g/mol. The van der Waals surface area contributed by atoms with Crippen LogP contribution in [0.4, 0.5) is 0 Å². The second-order valence-corrected chi connectivity index (χ2v) is 8.16. The number of rotatable bonds is 3. The molecule has 5 heteroatoms. The molecule has 0 spiro atoms. The summed E-state index contributed by atoms with van der Waals surface area (Å²) in [5.41, 5.74) is 2.72. The van der Waals surface area contributed by atoms with Crippen LogP contribution in [0.2, 0.25) is 0 Å². The molecule has 1 N–H and O–H groups in total. The van der Waals surface area contributed by atoms with Gasteiger partial charge in [0, 0.05) is 11.3 Å². The fraction of sp³-hybridized carbons (Fsp3) is 0.500. The van der Waals surface area contributed by atoms with Gasteiger partial charge in [0.15, 0.2) is 5.82 Å². The van der Waals surface area contributed by atoms with E-state index in [0.717, 1.165) is 24.5 Å². The predicted octanol–water partition coefficient (Wildman–Crippen LogP) is 3.49. The van der Waals surface area contributed by atoms with Crippen LogP contribution in [-0.2, 0) is 18.7 Å². The van der Waals surface area contributed by atoms with Gasteiger partial charge in [0.25, 0.3) is 0 Å². The number of thioether (sulfide) groups is 1. The number of hydrogen-bond donors (Lipinski definition) is 1. The Morgan fingerprint density at radius 3 is 2.81 bits per heavy atom. The first-order valence-electron chi connectivity index (χ1n) is 7.28. The standard InChI is InChI=1S/C16H21N3OS/c1-16(2,3)21-10-14-18-15(20-19-14)13-8-11-6-4-5-7-12(11)9-17-13/h4-7,13,17H,8-10H2,1-3H3/t13-/m1/s1. The zero-order chi connectivity index (χ0) is 14.9. The van der Waals surface area contributed by atoms with Gasteiger partial charge >= 0.3 is 0 Å². The first-order chi connectivity index (χ1) is 10.0. The summed E-state index contributed by atoms with van der Waals surface area (Å²) in [6, 6.07) is 8.63. The minimum Gasteiger partial charge on any atom is -0.338 e. The van der Waals surface area contributed by atoms with Crippen LogP contribution in [0.25, 0.3) is 0 Å². The summed E-state index contributed by atoms with van der Waals surface area (Å²) in [4.78, 5) is 4.55. The maximum Gasteiger partial charge on any atom is 0.244 e. The van der Waals surface area contributed by atoms with Gasteiger partial charge in [0.05, 0.1) is 11.8 Å². The third-order valence-corrected chi connectivity index (χ3v) is 4.77. The molecule has 0 saturated carbocycles. The van der Waals surface area contributed by atoms with Gasteiger partial charge in [0.1, 0.15) is 0 Å². The van der Waals surface area contributed by atoms with E-state index in [2.05, 4.69) is 60.5 Å². The van der Waals surface area contributed by atoms with Crippen LogP contribution < -0.4 is 5.32 Å². The fourth-order valence-corrected chi connectivity index (χ4v) is 3.06. The molecule has 0 bridgehead atoms. The molecular formula is C16H21N3OS. The Bertz CT molecular complexity index is 618. The van der Waals surface area contributed by atoms with Crippen LogP contribution in [0.3, 0.4) is 0 Å². The molecule has 3 rings (SSSR count). The van der Waals surface area contributed by atoms with Gasteiger partial charge in [-0.15, -0.1) is 11.8 Å². The topological polar surface area (TPSA) is 51.0 Å². The molecule has 1 aromatic carbocycles. The Hall–Kier alpha value is -1.33. The number of fused-ring (bicyclic) bond motifs is 1. The normalized spacial score (nSPS) is 18.5. The van der Waals surface area contributed by atoms with Gasteiger partial charge in [-0.05, 0) is 17.5 Å².